The number of nitrogens with zero attached hydrogens (tertiary/aromatic N) is 1. The van der Waals surface area contributed by atoms with Gasteiger partial charge in [-0.1, -0.05) is 67.1 Å². The van der Waals surface area contributed by atoms with Gasteiger partial charge in [-0.2, -0.15) is 4.73 Å². The summed E-state index contributed by atoms with van der Waals surface area (Å²) < 4.78 is 0.551. The summed E-state index contributed by atoms with van der Waals surface area (Å²) in [6.07, 6.45) is 1.30. The van der Waals surface area contributed by atoms with Crippen molar-refractivity contribution >= 4 is 23.2 Å². The van der Waals surface area contributed by atoms with Crippen LogP contribution in [-0.4, -0.2) is 11.6 Å². The van der Waals surface area contributed by atoms with Gasteiger partial charge in [-0.05, 0) is 17.7 Å². The molecule has 0 N–H and O–H groups in total. The van der Waals surface area contributed by atoms with Gasteiger partial charge >= 0.3 is 0 Å². The highest BCUT2D eigenvalue weighted by molar-refractivity contribution is 6.31. The van der Waals surface area contributed by atoms with E-state index >= 15 is 0 Å². The molecule has 0 amide bonds. The second-order valence-corrected chi connectivity index (χ2v) is 7.09. The molecule has 142 valence electrons. The van der Waals surface area contributed by atoms with E-state index in [9.17, 15) is 14.8 Å². The normalized spacial score (nSPS) is 12.9. The lowest BCUT2D eigenvalue weighted by Gasteiger charge is -2.24. The Labute approximate surface area is 169 Å². The van der Waals surface area contributed by atoms with E-state index in [2.05, 4.69) is 0 Å². The molecule has 1 heterocycles. The van der Waals surface area contributed by atoms with Crippen molar-refractivity contribution in [3.8, 4) is 0 Å². The summed E-state index contributed by atoms with van der Waals surface area (Å²) in [5.74, 6) is -1.33. The molecule has 2 atom stereocenters. The lowest BCUT2D eigenvalue weighted by atomic mass is 9.79. The molecule has 3 rings (SSSR count). The Bertz CT molecular complexity index is 988. The average Bonchev–Trinajstić information content (AvgIpc) is 2.72. The first-order valence-corrected chi connectivity index (χ1v) is 9.42. The van der Waals surface area contributed by atoms with Crippen molar-refractivity contribution in [2.75, 3.05) is 0 Å². The zero-order valence-electron chi connectivity index (χ0n) is 15.4. The highest BCUT2D eigenvalue weighted by Gasteiger charge is 2.31. The molecule has 3 aromatic rings. The fraction of sp³-hybridized carbons (Fsp3) is 0.174. The summed E-state index contributed by atoms with van der Waals surface area (Å²) in [5, 5.41) is 12.5. The minimum absolute atomic E-state index is 0.00965. The van der Waals surface area contributed by atoms with Crippen LogP contribution in [0, 0.1) is 11.1 Å². The van der Waals surface area contributed by atoms with Crippen LogP contribution in [-0.2, 0) is 0 Å². The third kappa shape index (κ3) is 4.29. The zero-order chi connectivity index (χ0) is 20.1. The van der Waals surface area contributed by atoms with Crippen LogP contribution >= 0.6 is 11.6 Å². The van der Waals surface area contributed by atoms with Gasteiger partial charge in [0.05, 0.1) is 0 Å². The molecule has 0 aliphatic carbocycles. The SMILES string of the molecule is CC(C(=O)c1ccccc1)[C@H](CC(=O)c1cccc[n+]1[O-])c1ccccc1Cl. The lowest BCUT2D eigenvalue weighted by Crippen LogP contribution is -2.35. The van der Waals surface area contributed by atoms with E-state index in [-0.39, 0.29) is 23.7 Å². The minimum atomic E-state index is -0.491. The number of rotatable bonds is 7. The van der Waals surface area contributed by atoms with Gasteiger partial charge in [0.25, 0.3) is 5.69 Å². The molecule has 1 unspecified atom stereocenters. The first-order chi connectivity index (χ1) is 13.5. The number of carbonyl (C=O) groups is 2. The van der Waals surface area contributed by atoms with Gasteiger partial charge in [-0.25, -0.2) is 0 Å². The van der Waals surface area contributed by atoms with E-state index in [0.29, 0.717) is 15.3 Å². The fourth-order valence-electron chi connectivity index (χ4n) is 3.33. The molecule has 0 bridgehead atoms. The number of ketones is 2. The number of pyridine rings is 1. The Morgan fingerprint density at radius 2 is 1.61 bits per heavy atom. The van der Waals surface area contributed by atoms with Crippen LogP contribution in [0.5, 0.6) is 0 Å². The number of halogens is 1. The monoisotopic (exact) mass is 393 g/mol. The van der Waals surface area contributed by atoms with E-state index in [1.807, 2.05) is 18.2 Å². The predicted molar refractivity (Wildman–Crippen MR) is 108 cm³/mol. The number of carbonyl (C=O) groups excluding carboxylic acids is 2. The molecule has 2 aromatic carbocycles. The molecule has 4 nitrogen and oxygen atoms in total. The number of Topliss-reactive ketones (excluding diaryl/α,β-unsaturated/α-hetero) is 2. The first kappa shape index (κ1) is 19.8. The molecule has 0 aliphatic heterocycles. The second kappa shape index (κ2) is 8.81. The maximum absolute atomic E-state index is 13.0. The van der Waals surface area contributed by atoms with Crippen molar-refractivity contribution in [3.63, 3.8) is 0 Å². The summed E-state index contributed by atoms with van der Waals surface area (Å²) in [6, 6.07) is 20.9. The predicted octanol–water partition coefficient (Wildman–Crippen LogP) is 4.85. The molecular formula is C23H20ClNO3. The summed E-state index contributed by atoms with van der Waals surface area (Å²) in [4.78, 5) is 25.9. The maximum atomic E-state index is 13.0. The summed E-state index contributed by atoms with van der Waals surface area (Å²) in [7, 11) is 0. The van der Waals surface area contributed by atoms with Crippen LogP contribution in [0.15, 0.2) is 79.0 Å². The number of hydrogen-bond acceptors (Lipinski definition) is 3. The van der Waals surface area contributed by atoms with Gasteiger partial charge in [0.2, 0.25) is 5.78 Å². The molecule has 0 fully saturated rings. The van der Waals surface area contributed by atoms with Crippen LogP contribution in [0.3, 0.4) is 0 Å². The smallest absolute Gasteiger partial charge is 0.259 e. The zero-order valence-corrected chi connectivity index (χ0v) is 16.2. The Morgan fingerprint density at radius 3 is 2.29 bits per heavy atom. The van der Waals surface area contributed by atoms with E-state index in [0.717, 1.165) is 5.56 Å². The van der Waals surface area contributed by atoms with Crippen molar-refractivity contribution in [1.29, 1.82) is 0 Å². The molecule has 1 aromatic heterocycles. The van der Waals surface area contributed by atoms with Gasteiger partial charge in [-0.15, -0.1) is 0 Å². The van der Waals surface area contributed by atoms with Crippen LogP contribution in [0.4, 0.5) is 0 Å². The molecule has 0 aliphatic rings. The summed E-state index contributed by atoms with van der Waals surface area (Å²) >= 11 is 6.38. The van der Waals surface area contributed by atoms with Gasteiger partial charge in [0.1, 0.15) is 0 Å². The summed E-state index contributed by atoms with van der Waals surface area (Å²) in [5.41, 5.74) is 1.36. The van der Waals surface area contributed by atoms with Gasteiger partial charge in [-0.3, -0.25) is 9.59 Å². The number of benzene rings is 2. The average molecular weight is 394 g/mol. The Hall–Kier alpha value is -2.98. The van der Waals surface area contributed by atoms with Crippen molar-refractivity contribution < 1.29 is 14.3 Å². The Balaban J connectivity index is 1.96. The molecule has 0 saturated heterocycles. The lowest BCUT2D eigenvalue weighted by molar-refractivity contribution is -0.607. The topological polar surface area (TPSA) is 61.1 Å². The van der Waals surface area contributed by atoms with Crippen molar-refractivity contribution in [1.82, 2.24) is 0 Å². The minimum Gasteiger partial charge on any atom is -0.618 e. The molecule has 0 radical (unpaired) electrons. The quantitative estimate of drug-likeness (QED) is 0.327. The fourth-order valence-corrected chi connectivity index (χ4v) is 3.60. The Morgan fingerprint density at radius 1 is 0.964 bits per heavy atom. The van der Waals surface area contributed by atoms with E-state index < -0.39 is 11.8 Å². The Kier molecular flexibility index (Phi) is 6.22. The standard InChI is InChI=1S/C23H20ClNO3/c1-16(23(27)17-9-3-2-4-10-17)19(18-11-5-6-12-20(18)24)15-22(26)21-13-7-8-14-25(21)28/h2-14,16,19H,15H2,1H3/t16?,19-/m0/s1. The van der Waals surface area contributed by atoms with Crippen molar-refractivity contribution in [2.24, 2.45) is 5.92 Å². The number of aromatic nitrogens is 1. The first-order valence-electron chi connectivity index (χ1n) is 9.04. The third-order valence-electron chi connectivity index (χ3n) is 4.90. The molecule has 28 heavy (non-hydrogen) atoms. The molecule has 0 saturated carbocycles. The molecule has 0 spiro atoms. The molecular weight excluding hydrogens is 374 g/mol. The van der Waals surface area contributed by atoms with Crippen molar-refractivity contribution in [3.05, 3.63) is 106 Å². The third-order valence-corrected chi connectivity index (χ3v) is 5.24. The van der Waals surface area contributed by atoms with Crippen LogP contribution < -0.4 is 4.73 Å². The highest BCUT2D eigenvalue weighted by atomic mass is 35.5. The van der Waals surface area contributed by atoms with Gasteiger partial charge < -0.3 is 5.21 Å². The van der Waals surface area contributed by atoms with Crippen LogP contribution in [0.2, 0.25) is 5.02 Å². The van der Waals surface area contributed by atoms with Crippen LogP contribution in [0.25, 0.3) is 0 Å². The highest BCUT2D eigenvalue weighted by Crippen LogP contribution is 2.35. The van der Waals surface area contributed by atoms with Crippen LogP contribution in [0.1, 0.15) is 45.7 Å². The van der Waals surface area contributed by atoms with Gasteiger partial charge in [0.15, 0.2) is 12.0 Å². The van der Waals surface area contributed by atoms with E-state index in [1.165, 1.54) is 12.3 Å². The van der Waals surface area contributed by atoms with E-state index in [1.54, 1.807) is 55.5 Å². The largest absolute Gasteiger partial charge is 0.618 e. The van der Waals surface area contributed by atoms with E-state index in [4.69, 9.17) is 11.6 Å². The van der Waals surface area contributed by atoms with Crippen molar-refractivity contribution in [2.45, 2.75) is 19.3 Å². The second-order valence-electron chi connectivity index (χ2n) is 6.69. The number of hydrogen-bond donors (Lipinski definition) is 0. The maximum Gasteiger partial charge on any atom is 0.259 e. The van der Waals surface area contributed by atoms with Gasteiger partial charge in [0, 0.05) is 41.0 Å². The summed E-state index contributed by atoms with van der Waals surface area (Å²) in [6.45, 7) is 1.80. The molecule has 5 heteroatoms.